The summed E-state index contributed by atoms with van der Waals surface area (Å²) in [6.45, 7) is 6.61. The molecular formula is C28H31N7O3S. The van der Waals surface area contributed by atoms with Crippen LogP contribution in [0.5, 0.6) is 0 Å². The average molecular weight is 546 g/mol. The summed E-state index contributed by atoms with van der Waals surface area (Å²) in [5.41, 5.74) is 3.43. The number of anilines is 4. The Morgan fingerprint density at radius 3 is 2.54 bits per heavy atom. The third-order valence-electron chi connectivity index (χ3n) is 6.73. The predicted molar refractivity (Wildman–Crippen MR) is 150 cm³/mol. The lowest BCUT2D eigenvalue weighted by atomic mass is 10.0. The van der Waals surface area contributed by atoms with E-state index in [1.807, 2.05) is 37.5 Å². The van der Waals surface area contributed by atoms with Gasteiger partial charge in [-0.05, 0) is 55.9 Å². The summed E-state index contributed by atoms with van der Waals surface area (Å²) in [5.74, 6) is 1.84. The normalized spacial score (nSPS) is 15.8. The lowest BCUT2D eigenvalue weighted by Crippen LogP contribution is -2.19. The van der Waals surface area contributed by atoms with E-state index in [1.54, 1.807) is 30.3 Å². The van der Waals surface area contributed by atoms with Crippen molar-refractivity contribution in [3.05, 3.63) is 59.5 Å². The molecule has 0 spiro atoms. The van der Waals surface area contributed by atoms with Crippen LogP contribution in [-0.4, -0.2) is 40.8 Å². The highest BCUT2D eigenvalue weighted by atomic mass is 32.2. The maximum Gasteiger partial charge on any atom is 0.177 e. The minimum atomic E-state index is -3.48. The van der Waals surface area contributed by atoms with Crippen LogP contribution in [0.1, 0.15) is 62.3 Å². The molecule has 1 fully saturated rings. The maximum absolute atomic E-state index is 12.5. The monoisotopic (exact) mass is 545 g/mol. The van der Waals surface area contributed by atoms with Crippen molar-refractivity contribution >= 4 is 44.0 Å². The zero-order valence-electron chi connectivity index (χ0n) is 22.4. The van der Waals surface area contributed by atoms with Gasteiger partial charge in [-0.1, -0.05) is 32.0 Å². The summed E-state index contributed by atoms with van der Waals surface area (Å²) in [7, 11) is -3.48. The smallest absolute Gasteiger partial charge is 0.177 e. The Kier molecular flexibility index (Phi) is 7.25. The van der Waals surface area contributed by atoms with E-state index in [0.717, 1.165) is 30.7 Å². The van der Waals surface area contributed by atoms with Crippen LogP contribution < -0.4 is 10.6 Å². The van der Waals surface area contributed by atoms with Gasteiger partial charge < -0.3 is 15.4 Å². The lowest BCUT2D eigenvalue weighted by Gasteiger charge is -2.25. The highest BCUT2D eigenvalue weighted by Crippen LogP contribution is 2.35. The molecule has 1 aliphatic rings. The third-order valence-corrected chi connectivity index (χ3v) is 7.89. The van der Waals surface area contributed by atoms with Crippen LogP contribution in [-0.2, 0) is 14.6 Å². The molecule has 3 aromatic heterocycles. The molecule has 0 bridgehead atoms. The van der Waals surface area contributed by atoms with Crippen molar-refractivity contribution in [3.63, 3.8) is 0 Å². The van der Waals surface area contributed by atoms with E-state index in [4.69, 9.17) is 14.7 Å². The number of nitrogens with zero attached hydrogens (tertiary/aromatic N) is 5. The molecule has 0 saturated carbocycles. The van der Waals surface area contributed by atoms with Gasteiger partial charge in [-0.15, -0.1) is 0 Å². The van der Waals surface area contributed by atoms with Gasteiger partial charge in [0.05, 0.1) is 16.3 Å². The average Bonchev–Trinajstić information content (AvgIpc) is 3.24. The van der Waals surface area contributed by atoms with Gasteiger partial charge in [0.1, 0.15) is 41.0 Å². The summed E-state index contributed by atoms with van der Waals surface area (Å²) in [4.78, 5) is 14.4. The first-order chi connectivity index (χ1) is 18.7. The molecule has 0 radical (unpaired) electrons. The van der Waals surface area contributed by atoms with Gasteiger partial charge in [-0.2, -0.15) is 5.26 Å². The fraction of sp³-hybridized carbons (Fsp3) is 0.357. The first-order valence-electron chi connectivity index (χ1n) is 12.9. The SMILES string of the molecule is Cc1nc2c(Nc3ccccc3S(C)(=O)=O)cc(Nc3ccc(C(C)C)c(C#N)n3)nc2n1C1CCCCO1. The van der Waals surface area contributed by atoms with Crippen molar-refractivity contribution in [1.82, 2.24) is 19.5 Å². The highest BCUT2D eigenvalue weighted by Gasteiger charge is 2.24. The summed E-state index contributed by atoms with van der Waals surface area (Å²) in [6.07, 6.45) is 3.88. The molecule has 1 aliphatic heterocycles. The second kappa shape index (κ2) is 10.6. The minimum absolute atomic E-state index is 0.161. The second-order valence-corrected chi connectivity index (χ2v) is 12.0. The molecule has 1 atom stereocenters. The van der Waals surface area contributed by atoms with Crippen molar-refractivity contribution in [1.29, 1.82) is 5.26 Å². The Morgan fingerprint density at radius 2 is 1.85 bits per heavy atom. The number of aryl methyl sites for hydroxylation is 1. The topological polar surface area (TPSA) is 135 Å². The number of para-hydroxylation sites is 1. The molecule has 1 unspecified atom stereocenters. The van der Waals surface area contributed by atoms with E-state index >= 15 is 0 Å². The number of hydrogen-bond acceptors (Lipinski definition) is 9. The number of sulfone groups is 1. The van der Waals surface area contributed by atoms with Crippen LogP contribution in [0.3, 0.4) is 0 Å². The lowest BCUT2D eigenvalue weighted by molar-refractivity contribution is -0.0308. The quantitative estimate of drug-likeness (QED) is 0.299. The van der Waals surface area contributed by atoms with E-state index in [2.05, 4.69) is 21.7 Å². The van der Waals surface area contributed by atoms with Crippen LogP contribution in [0.2, 0.25) is 0 Å². The summed E-state index contributed by atoms with van der Waals surface area (Å²) >= 11 is 0. The fourth-order valence-electron chi connectivity index (χ4n) is 4.87. The molecule has 10 nitrogen and oxygen atoms in total. The van der Waals surface area contributed by atoms with Crippen molar-refractivity contribution in [2.45, 2.75) is 57.1 Å². The molecular weight excluding hydrogens is 514 g/mol. The van der Waals surface area contributed by atoms with E-state index in [-0.39, 0.29) is 17.0 Å². The number of nitrogens with one attached hydrogen (secondary N) is 2. The van der Waals surface area contributed by atoms with Crippen LogP contribution >= 0.6 is 0 Å². The summed E-state index contributed by atoms with van der Waals surface area (Å²) < 4.78 is 33.0. The van der Waals surface area contributed by atoms with Crippen molar-refractivity contribution in [3.8, 4) is 6.07 Å². The van der Waals surface area contributed by atoms with Gasteiger partial charge in [0.15, 0.2) is 15.5 Å². The Morgan fingerprint density at radius 1 is 1.05 bits per heavy atom. The molecule has 2 N–H and O–H groups in total. The van der Waals surface area contributed by atoms with E-state index < -0.39 is 9.84 Å². The number of rotatable bonds is 7. The molecule has 39 heavy (non-hydrogen) atoms. The Labute approximate surface area is 228 Å². The van der Waals surface area contributed by atoms with Gasteiger partial charge >= 0.3 is 0 Å². The van der Waals surface area contributed by atoms with E-state index in [1.165, 1.54) is 6.26 Å². The second-order valence-electron chi connectivity index (χ2n) is 10.00. The van der Waals surface area contributed by atoms with Crippen LogP contribution in [0.15, 0.2) is 47.4 Å². The first kappa shape index (κ1) is 26.6. The molecule has 1 saturated heterocycles. The Bertz CT molecular complexity index is 1680. The number of benzene rings is 1. The van der Waals surface area contributed by atoms with Crippen molar-refractivity contribution in [2.75, 3.05) is 23.5 Å². The molecule has 0 amide bonds. The Balaban J connectivity index is 1.64. The van der Waals surface area contributed by atoms with Gasteiger partial charge in [-0.25, -0.2) is 23.4 Å². The third kappa shape index (κ3) is 5.44. The van der Waals surface area contributed by atoms with E-state index in [0.29, 0.717) is 46.5 Å². The fourth-order valence-corrected chi connectivity index (χ4v) is 5.71. The first-order valence-corrected chi connectivity index (χ1v) is 14.8. The van der Waals surface area contributed by atoms with Crippen LogP contribution in [0.25, 0.3) is 11.2 Å². The van der Waals surface area contributed by atoms with Gasteiger partial charge in [0, 0.05) is 18.9 Å². The van der Waals surface area contributed by atoms with Crippen molar-refractivity contribution < 1.29 is 13.2 Å². The Hall–Kier alpha value is -4.01. The van der Waals surface area contributed by atoms with Gasteiger partial charge in [0.25, 0.3) is 0 Å². The number of nitriles is 1. The van der Waals surface area contributed by atoms with Crippen LogP contribution in [0, 0.1) is 18.3 Å². The molecule has 11 heteroatoms. The molecule has 1 aromatic carbocycles. The zero-order valence-corrected chi connectivity index (χ0v) is 23.2. The molecule has 0 aliphatic carbocycles. The molecule has 4 aromatic rings. The molecule has 202 valence electrons. The minimum Gasteiger partial charge on any atom is -0.358 e. The maximum atomic E-state index is 12.5. The zero-order chi connectivity index (χ0) is 27.7. The van der Waals surface area contributed by atoms with Crippen LogP contribution in [0.4, 0.5) is 23.0 Å². The predicted octanol–water partition coefficient (Wildman–Crippen LogP) is 5.72. The molecule has 5 rings (SSSR count). The largest absolute Gasteiger partial charge is 0.358 e. The van der Waals surface area contributed by atoms with Gasteiger partial charge in [-0.3, -0.25) is 4.57 Å². The highest BCUT2D eigenvalue weighted by molar-refractivity contribution is 7.90. The van der Waals surface area contributed by atoms with Crippen molar-refractivity contribution in [2.24, 2.45) is 0 Å². The number of ether oxygens (including phenoxy) is 1. The number of fused-ring (bicyclic) bond motifs is 1. The van der Waals surface area contributed by atoms with E-state index in [9.17, 15) is 13.7 Å². The number of pyridine rings is 2. The summed E-state index contributed by atoms with van der Waals surface area (Å²) in [6, 6.07) is 14.4. The number of aromatic nitrogens is 4. The number of imidazole rings is 1. The molecule has 4 heterocycles. The standard InChI is InChI=1S/C28H31N7O3S/c1-17(2)19-12-13-24(32-22(19)16-29)33-25-15-21(31-20-9-5-6-10-23(20)39(4,36)37)27-28(34-25)35(18(3)30-27)26-11-7-8-14-38-26/h5-6,9-10,12-13,15,17,26H,7-8,11,14H2,1-4H3,(H2,31,32,33,34). The summed E-state index contributed by atoms with van der Waals surface area (Å²) in [5, 5.41) is 16.2. The number of hydrogen-bond donors (Lipinski definition) is 2. The van der Waals surface area contributed by atoms with Gasteiger partial charge in [0.2, 0.25) is 0 Å².